The highest BCUT2D eigenvalue weighted by Gasteiger charge is 2.14. The van der Waals surface area contributed by atoms with Crippen LogP contribution in [0.2, 0.25) is 0 Å². The normalized spacial score (nSPS) is 12.4. The van der Waals surface area contributed by atoms with Gasteiger partial charge in [-0.25, -0.2) is 0 Å². The van der Waals surface area contributed by atoms with Gasteiger partial charge in [0.1, 0.15) is 0 Å². The zero-order chi connectivity index (χ0) is 17.1. The van der Waals surface area contributed by atoms with E-state index in [0.717, 1.165) is 11.5 Å². The van der Waals surface area contributed by atoms with Gasteiger partial charge in [-0.2, -0.15) is 11.8 Å². The number of hydrogen-bond acceptors (Lipinski definition) is 1. The van der Waals surface area contributed by atoms with Crippen LogP contribution >= 0.6 is 11.8 Å². The number of hydrogen-bond donors (Lipinski definition) is 0. The van der Waals surface area contributed by atoms with Crippen molar-refractivity contribution in [2.24, 2.45) is 0 Å². The molecule has 0 aromatic heterocycles. The first-order valence-electron chi connectivity index (χ1n) is 8.43. The summed E-state index contributed by atoms with van der Waals surface area (Å²) in [6, 6.07) is 18.1. The van der Waals surface area contributed by atoms with Crippen LogP contribution in [0.1, 0.15) is 63.8 Å². The van der Waals surface area contributed by atoms with Crippen LogP contribution in [0.15, 0.2) is 48.5 Å². The maximum Gasteiger partial charge on any atom is 0.0188 e. The minimum absolute atomic E-state index is 0.224. The molecule has 0 unspecified atom stereocenters. The van der Waals surface area contributed by atoms with Crippen LogP contribution in [0.25, 0.3) is 0 Å². The van der Waals surface area contributed by atoms with E-state index in [4.69, 9.17) is 0 Å². The van der Waals surface area contributed by atoms with Crippen LogP contribution in [0.5, 0.6) is 0 Å². The van der Waals surface area contributed by atoms with Gasteiger partial charge < -0.3 is 0 Å². The molecule has 1 heteroatoms. The summed E-state index contributed by atoms with van der Waals surface area (Å²) in [5.41, 5.74) is 6.14. The molecule has 0 spiro atoms. The monoisotopic (exact) mass is 326 g/mol. The van der Waals surface area contributed by atoms with E-state index in [2.05, 4.69) is 90.1 Å². The zero-order valence-electron chi connectivity index (χ0n) is 15.4. The lowest BCUT2D eigenvalue weighted by Gasteiger charge is -2.20. The zero-order valence-corrected chi connectivity index (χ0v) is 16.3. The second-order valence-corrected chi connectivity index (χ2v) is 9.38. The van der Waals surface area contributed by atoms with Crippen molar-refractivity contribution >= 4 is 11.8 Å². The molecule has 0 fully saturated rings. The van der Waals surface area contributed by atoms with Crippen LogP contribution in [0.3, 0.4) is 0 Å². The van der Waals surface area contributed by atoms with E-state index in [-0.39, 0.29) is 10.8 Å². The molecule has 0 bridgehead atoms. The molecular weight excluding hydrogens is 296 g/mol. The predicted molar refractivity (Wildman–Crippen MR) is 105 cm³/mol. The van der Waals surface area contributed by atoms with Gasteiger partial charge in [0, 0.05) is 11.5 Å². The van der Waals surface area contributed by atoms with Crippen LogP contribution < -0.4 is 0 Å². The first-order valence-corrected chi connectivity index (χ1v) is 9.58. The smallest absolute Gasteiger partial charge is 0.0188 e. The largest absolute Gasteiger partial charge is 0.152 e. The standard InChI is InChI=1S/C22H30S/c1-21(2,3)19-11-7-9-17(13-19)15-23-16-18-10-8-12-20(14-18)22(4,5)6/h7-14H,15-16H2,1-6H3. The van der Waals surface area contributed by atoms with Crippen molar-refractivity contribution in [3.63, 3.8) is 0 Å². The Labute approximate surface area is 146 Å². The van der Waals surface area contributed by atoms with Crippen LogP contribution in [-0.4, -0.2) is 0 Å². The Kier molecular flexibility index (Phi) is 5.62. The fourth-order valence-corrected chi connectivity index (χ4v) is 3.47. The molecule has 0 saturated heterocycles. The van der Waals surface area contributed by atoms with Gasteiger partial charge in [0.25, 0.3) is 0 Å². The van der Waals surface area contributed by atoms with Gasteiger partial charge in [-0.05, 0) is 33.1 Å². The SMILES string of the molecule is CC(C)(C)c1cccc(CSCc2cccc(C(C)(C)C)c2)c1. The second-order valence-electron chi connectivity index (χ2n) is 8.39. The van der Waals surface area contributed by atoms with Gasteiger partial charge in [0.15, 0.2) is 0 Å². The molecule has 0 atom stereocenters. The quantitative estimate of drug-likeness (QED) is 0.601. The molecule has 2 aromatic carbocycles. The summed E-state index contributed by atoms with van der Waals surface area (Å²) in [7, 11) is 0. The van der Waals surface area contributed by atoms with Gasteiger partial charge in [-0.3, -0.25) is 0 Å². The van der Waals surface area contributed by atoms with E-state index in [9.17, 15) is 0 Å². The van der Waals surface area contributed by atoms with E-state index in [0.29, 0.717) is 0 Å². The number of benzene rings is 2. The molecule has 0 aliphatic carbocycles. The van der Waals surface area contributed by atoms with E-state index >= 15 is 0 Å². The molecule has 0 amide bonds. The van der Waals surface area contributed by atoms with Crippen molar-refractivity contribution in [1.29, 1.82) is 0 Å². The Morgan fingerprint density at radius 3 is 1.39 bits per heavy atom. The van der Waals surface area contributed by atoms with Crippen LogP contribution in [-0.2, 0) is 22.3 Å². The van der Waals surface area contributed by atoms with Crippen molar-refractivity contribution in [3.05, 3.63) is 70.8 Å². The summed E-state index contributed by atoms with van der Waals surface area (Å²) >= 11 is 2.00. The molecular formula is C22H30S. The molecule has 0 heterocycles. The summed E-state index contributed by atoms with van der Waals surface area (Å²) in [5, 5.41) is 0. The molecule has 23 heavy (non-hydrogen) atoms. The lowest BCUT2D eigenvalue weighted by Crippen LogP contribution is -2.11. The lowest BCUT2D eigenvalue weighted by molar-refractivity contribution is 0.589. The van der Waals surface area contributed by atoms with E-state index in [1.807, 2.05) is 11.8 Å². The highest BCUT2D eigenvalue weighted by atomic mass is 32.2. The molecule has 2 aromatic rings. The van der Waals surface area contributed by atoms with Crippen molar-refractivity contribution in [1.82, 2.24) is 0 Å². The summed E-state index contributed by atoms with van der Waals surface area (Å²) in [6.45, 7) is 13.7. The average Bonchev–Trinajstić information content (AvgIpc) is 2.46. The second kappa shape index (κ2) is 7.13. The van der Waals surface area contributed by atoms with Crippen molar-refractivity contribution in [3.8, 4) is 0 Å². The molecule has 0 radical (unpaired) electrons. The predicted octanol–water partition coefficient (Wildman–Crippen LogP) is 6.72. The summed E-state index contributed by atoms with van der Waals surface area (Å²) in [5.74, 6) is 2.15. The third-order valence-corrected chi connectivity index (χ3v) is 5.20. The molecule has 0 N–H and O–H groups in total. The van der Waals surface area contributed by atoms with Crippen molar-refractivity contribution in [2.45, 2.75) is 63.9 Å². The van der Waals surface area contributed by atoms with Crippen molar-refractivity contribution < 1.29 is 0 Å². The molecule has 0 saturated carbocycles. The summed E-state index contributed by atoms with van der Waals surface area (Å²) in [6.07, 6.45) is 0. The van der Waals surface area contributed by atoms with E-state index in [1.54, 1.807) is 0 Å². The van der Waals surface area contributed by atoms with E-state index in [1.165, 1.54) is 22.3 Å². The minimum atomic E-state index is 0.224. The third-order valence-electron chi connectivity index (χ3n) is 4.12. The molecule has 2 rings (SSSR count). The molecule has 0 nitrogen and oxygen atoms in total. The number of rotatable bonds is 4. The summed E-state index contributed by atoms with van der Waals surface area (Å²) < 4.78 is 0. The summed E-state index contributed by atoms with van der Waals surface area (Å²) in [4.78, 5) is 0. The van der Waals surface area contributed by atoms with E-state index < -0.39 is 0 Å². The fraction of sp³-hybridized carbons (Fsp3) is 0.455. The van der Waals surface area contributed by atoms with Crippen molar-refractivity contribution in [2.75, 3.05) is 0 Å². The Balaban J connectivity index is 1.98. The van der Waals surface area contributed by atoms with Crippen LogP contribution in [0.4, 0.5) is 0 Å². The lowest BCUT2D eigenvalue weighted by atomic mass is 9.86. The van der Waals surface area contributed by atoms with Gasteiger partial charge in [0.05, 0.1) is 0 Å². The molecule has 0 aliphatic rings. The first kappa shape index (κ1) is 18.1. The maximum atomic E-state index is 2.36. The van der Waals surface area contributed by atoms with Gasteiger partial charge in [0.2, 0.25) is 0 Å². The van der Waals surface area contributed by atoms with Gasteiger partial charge in [-0.1, -0.05) is 90.1 Å². The maximum absolute atomic E-state index is 2.36. The van der Waals surface area contributed by atoms with Crippen LogP contribution in [0, 0.1) is 0 Å². The molecule has 124 valence electrons. The highest BCUT2D eigenvalue weighted by Crippen LogP contribution is 2.27. The number of thioether (sulfide) groups is 1. The highest BCUT2D eigenvalue weighted by molar-refractivity contribution is 7.97. The fourth-order valence-electron chi connectivity index (χ4n) is 2.54. The first-order chi connectivity index (χ1) is 10.7. The Hall–Kier alpha value is -1.21. The third kappa shape index (κ3) is 5.42. The average molecular weight is 327 g/mol. The Morgan fingerprint density at radius 1 is 0.652 bits per heavy atom. The Bertz CT molecular complexity index is 584. The molecule has 0 aliphatic heterocycles. The Morgan fingerprint density at radius 2 is 1.04 bits per heavy atom. The van der Waals surface area contributed by atoms with Gasteiger partial charge in [-0.15, -0.1) is 0 Å². The van der Waals surface area contributed by atoms with Gasteiger partial charge >= 0.3 is 0 Å². The topological polar surface area (TPSA) is 0 Å². The minimum Gasteiger partial charge on any atom is -0.152 e.